The smallest absolute Gasteiger partial charge is 0.194 e. The fourth-order valence-corrected chi connectivity index (χ4v) is 3.13. The van der Waals surface area contributed by atoms with E-state index in [0.29, 0.717) is 12.5 Å². The second kappa shape index (κ2) is 9.44. The molecule has 0 radical (unpaired) electrons. The van der Waals surface area contributed by atoms with Crippen molar-refractivity contribution in [1.29, 1.82) is 0 Å². The van der Waals surface area contributed by atoms with E-state index in [1.165, 1.54) is 0 Å². The molecule has 2 aromatic rings. The number of hydrogen-bond donors (Lipinski definition) is 1. The van der Waals surface area contributed by atoms with E-state index in [9.17, 15) is 0 Å². The van der Waals surface area contributed by atoms with E-state index in [1.54, 1.807) is 0 Å². The van der Waals surface area contributed by atoms with E-state index in [2.05, 4.69) is 36.1 Å². The highest BCUT2D eigenvalue weighted by molar-refractivity contribution is 5.80. The van der Waals surface area contributed by atoms with Crippen molar-refractivity contribution in [3.05, 3.63) is 47.9 Å². The highest BCUT2D eigenvalue weighted by Gasteiger charge is 2.22. The molecule has 0 unspecified atom stereocenters. The minimum atomic E-state index is 0.259. The number of aliphatic imine (C=N–C) groups is 1. The molecule has 3 rings (SSSR count). The van der Waals surface area contributed by atoms with Gasteiger partial charge in [0.2, 0.25) is 0 Å². The van der Waals surface area contributed by atoms with Crippen LogP contribution in [0.2, 0.25) is 0 Å². The number of hydrogen-bond acceptors (Lipinski definition) is 4. The zero-order valence-electron chi connectivity index (χ0n) is 16.5. The second-order valence-corrected chi connectivity index (χ2v) is 7.16. The normalized spacial score (nSPS) is 16.0. The van der Waals surface area contributed by atoms with Crippen LogP contribution in [0.3, 0.4) is 0 Å². The molecular formula is C21H30N4O2. The molecule has 1 aromatic heterocycles. The average Bonchev–Trinajstić information content (AvgIpc) is 3.16. The molecule has 27 heavy (non-hydrogen) atoms. The molecular weight excluding hydrogens is 340 g/mol. The highest BCUT2D eigenvalue weighted by Crippen LogP contribution is 2.19. The number of rotatable bonds is 6. The molecule has 1 aliphatic rings. The Morgan fingerprint density at radius 1 is 1.30 bits per heavy atom. The summed E-state index contributed by atoms with van der Waals surface area (Å²) in [5.74, 6) is 3.04. The summed E-state index contributed by atoms with van der Waals surface area (Å²) in [7, 11) is 0. The van der Waals surface area contributed by atoms with Crippen LogP contribution in [0.4, 0.5) is 0 Å². The summed E-state index contributed by atoms with van der Waals surface area (Å²) in [5, 5.41) is 7.50. The Hall–Kier alpha value is -2.50. The molecule has 0 aliphatic carbocycles. The molecule has 1 aromatic carbocycles. The Morgan fingerprint density at radius 3 is 2.67 bits per heavy atom. The van der Waals surface area contributed by atoms with Crippen molar-refractivity contribution in [2.75, 3.05) is 19.6 Å². The van der Waals surface area contributed by atoms with Crippen molar-refractivity contribution < 1.29 is 9.26 Å². The minimum Gasteiger partial charge on any atom is -0.490 e. The van der Waals surface area contributed by atoms with Gasteiger partial charge in [0.1, 0.15) is 18.4 Å². The molecule has 0 amide bonds. The zero-order valence-corrected chi connectivity index (χ0v) is 16.5. The van der Waals surface area contributed by atoms with Crippen LogP contribution in [-0.2, 0) is 6.54 Å². The number of benzene rings is 1. The van der Waals surface area contributed by atoms with Crippen LogP contribution in [0.25, 0.3) is 0 Å². The van der Waals surface area contributed by atoms with Gasteiger partial charge in [0.25, 0.3) is 0 Å². The third-order valence-corrected chi connectivity index (χ3v) is 4.68. The van der Waals surface area contributed by atoms with Gasteiger partial charge in [-0.05, 0) is 25.0 Å². The summed E-state index contributed by atoms with van der Waals surface area (Å²) in [6.07, 6.45) is 2.23. The summed E-state index contributed by atoms with van der Waals surface area (Å²) in [5.41, 5.74) is 0.976. The zero-order chi connectivity index (χ0) is 19.1. The van der Waals surface area contributed by atoms with Crippen molar-refractivity contribution in [3.8, 4) is 5.75 Å². The van der Waals surface area contributed by atoms with E-state index < -0.39 is 0 Å². The third-order valence-electron chi connectivity index (χ3n) is 4.68. The monoisotopic (exact) mass is 370 g/mol. The van der Waals surface area contributed by atoms with Crippen molar-refractivity contribution in [2.45, 2.75) is 52.2 Å². The van der Waals surface area contributed by atoms with Crippen LogP contribution in [0.1, 0.15) is 51.0 Å². The molecule has 1 N–H and O–H groups in total. The first kappa shape index (κ1) is 19.3. The van der Waals surface area contributed by atoms with Crippen LogP contribution in [0.5, 0.6) is 5.75 Å². The fraction of sp³-hybridized carbons (Fsp3) is 0.524. The summed E-state index contributed by atoms with van der Waals surface area (Å²) in [6, 6.07) is 12.1. The number of ether oxygens (including phenoxy) is 1. The van der Waals surface area contributed by atoms with Gasteiger partial charge in [-0.15, -0.1) is 0 Å². The Labute approximate surface area is 161 Å². The minimum absolute atomic E-state index is 0.259. The number of guanidine groups is 1. The van der Waals surface area contributed by atoms with E-state index in [4.69, 9.17) is 14.3 Å². The van der Waals surface area contributed by atoms with E-state index in [0.717, 1.165) is 55.6 Å². The predicted molar refractivity (Wildman–Crippen MR) is 107 cm³/mol. The van der Waals surface area contributed by atoms with Crippen molar-refractivity contribution in [1.82, 2.24) is 15.4 Å². The van der Waals surface area contributed by atoms with E-state index >= 15 is 0 Å². The lowest BCUT2D eigenvalue weighted by molar-refractivity contribution is 0.129. The van der Waals surface area contributed by atoms with Gasteiger partial charge in [0.05, 0.1) is 5.69 Å². The fourth-order valence-electron chi connectivity index (χ4n) is 3.13. The van der Waals surface area contributed by atoms with Crippen molar-refractivity contribution in [3.63, 3.8) is 0 Å². The second-order valence-electron chi connectivity index (χ2n) is 7.16. The Kier molecular flexibility index (Phi) is 6.74. The van der Waals surface area contributed by atoms with Gasteiger partial charge in [-0.3, -0.25) is 0 Å². The first-order chi connectivity index (χ1) is 13.2. The van der Waals surface area contributed by atoms with Crippen LogP contribution in [-0.4, -0.2) is 41.8 Å². The molecule has 0 bridgehead atoms. The molecule has 1 saturated heterocycles. The summed E-state index contributed by atoms with van der Waals surface area (Å²) in [4.78, 5) is 7.05. The maximum atomic E-state index is 6.09. The Morgan fingerprint density at radius 2 is 2.04 bits per heavy atom. The number of nitrogens with one attached hydrogen (secondary N) is 1. The number of para-hydroxylation sites is 1. The van der Waals surface area contributed by atoms with Crippen LogP contribution < -0.4 is 10.1 Å². The Balaban J connectivity index is 1.55. The van der Waals surface area contributed by atoms with Crippen LogP contribution in [0, 0.1) is 0 Å². The molecule has 2 heterocycles. The quantitative estimate of drug-likeness (QED) is 0.619. The average molecular weight is 370 g/mol. The number of piperidine rings is 1. The molecule has 6 nitrogen and oxygen atoms in total. The predicted octanol–water partition coefficient (Wildman–Crippen LogP) is 3.81. The first-order valence-electron chi connectivity index (χ1n) is 9.86. The van der Waals surface area contributed by atoms with Crippen LogP contribution in [0.15, 0.2) is 45.9 Å². The molecule has 6 heteroatoms. The van der Waals surface area contributed by atoms with Gasteiger partial charge in [-0.2, -0.15) is 0 Å². The topological polar surface area (TPSA) is 62.9 Å². The van der Waals surface area contributed by atoms with Gasteiger partial charge >= 0.3 is 0 Å². The van der Waals surface area contributed by atoms with Crippen molar-refractivity contribution in [2.24, 2.45) is 4.99 Å². The summed E-state index contributed by atoms with van der Waals surface area (Å²) >= 11 is 0. The highest BCUT2D eigenvalue weighted by atomic mass is 16.5. The first-order valence-corrected chi connectivity index (χ1v) is 9.86. The standard InChI is InChI=1S/C21H30N4O2/c1-4-22-21(23-15-19-14-20(16(2)3)24-27-19)25-12-10-18(11-13-25)26-17-8-6-5-7-9-17/h5-9,14,16,18H,4,10-13,15H2,1-3H3,(H,22,23). The lowest BCUT2D eigenvalue weighted by Gasteiger charge is -2.34. The van der Waals surface area contributed by atoms with Gasteiger partial charge in [0.15, 0.2) is 11.7 Å². The molecule has 0 atom stereocenters. The molecule has 1 fully saturated rings. The van der Waals surface area contributed by atoms with Gasteiger partial charge in [-0.1, -0.05) is 37.2 Å². The molecule has 1 aliphatic heterocycles. The van der Waals surface area contributed by atoms with Gasteiger partial charge in [-0.25, -0.2) is 4.99 Å². The van der Waals surface area contributed by atoms with Crippen LogP contribution >= 0.6 is 0 Å². The lowest BCUT2D eigenvalue weighted by atomic mass is 10.1. The molecule has 0 spiro atoms. The van der Waals surface area contributed by atoms with Crippen molar-refractivity contribution >= 4 is 5.96 Å². The lowest BCUT2D eigenvalue weighted by Crippen LogP contribution is -2.47. The van der Waals surface area contributed by atoms with Gasteiger partial charge in [0, 0.05) is 38.5 Å². The summed E-state index contributed by atoms with van der Waals surface area (Å²) in [6.45, 7) is 9.50. The maximum Gasteiger partial charge on any atom is 0.194 e. The molecule has 146 valence electrons. The van der Waals surface area contributed by atoms with Gasteiger partial charge < -0.3 is 19.5 Å². The number of aromatic nitrogens is 1. The maximum absolute atomic E-state index is 6.09. The van der Waals surface area contributed by atoms with E-state index in [-0.39, 0.29) is 6.10 Å². The summed E-state index contributed by atoms with van der Waals surface area (Å²) < 4.78 is 11.5. The SMILES string of the molecule is CCNC(=NCc1cc(C(C)C)no1)N1CCC(Oc2ccccc2)CC1. The third kappa shape index (κ3) is 5.49. The number of likely N-dealkylation sites (tertiary alicyclic amines) is 1. The number of nitrogens with zero attached hydrogens (tertiary/aromatic N) is 3. The molecule has 0 saturated carbocycles. The Bertz CT molecular complexity index is 719. The largest absolute Gasteiger partial charge is 0.490 e. The van der Waals surface area contributed by atoms with E-state index in [1.807, 2.05) is 36.4 Å².